The number of hydrogen-bond donors (Lipinski definition) is 2. The number of ether oxygens (including phenoxy) is 2. The monoisotopic (exact) mass is 448 g/mol. The van der Waals surface area contributed by atoms with Crippen LogP contribution in [0.2, 0.25) is 0 Å². The topological polar surface area (TPSA) is 102 Å². The maximum Gasteiger partial charge on any atom is 0.263 e. The van der Waals surface area contributed by atoms with Crippen LogP contribution in [-0.2, 0) is 10.0 Å². The first-order valence-electron chi connectivity index (χ1n) is 10.0. The molecule has 0 saturated heterocycles. The van der Waals surface area contributed by atoms with Crippen LogP contribution in [0.4, 0.5) is 17.3 Å². The van der Waals surface area contributed by atoms with Crippen LogP contribution >= 0.6 is 0 Å². The number of para-hydroxylation sites is 2. The Kier molecular flexibility index (Phi) is 5.02. The molecule has 0 unspecified atom stereocenters. The summed E-state index contributed by atoms with van der Waals surface area (Å²) in [4.78, 5) is 9.16. The zero-order valence-corrected chi connectivity index (χ0v) is 18.0. The van der Waals surface area contributed by atoms with E-state index in [9.17, 15) is 8.42 Å². The van der Waals surface area contributed by atoms with Gasteiger partial charge in [0.25, 0.3) is 10.0 Å². The van der Waals surface area contributed by atoms with Gasteiger partial charge in [-0.3, -0.25) is 4.72 Å². The van der Waals surface area contributed by atoms with E-state index >= 15 is 0 Å². The molecule has 1 aliphatic heterocycles. The Balaban J connectivity index is 1.55. The van der Waals surface area contributed by atoms with Crippen molar-refractivity contribution in [3.63, 3.8) is 0 Å². The van der Waals surface area contributed by atoms with Crippen LogP contribution in [-0.4, -0.2) is 31.6 Å². The first-order valence-corrected chi connectivity index (χ1v) is 11.5. The van der Waals surface area contributed by atoms with E-state index in [1.807, 2.05) is 49.4 Å². The molecule has 0 aliphatic carbocycles. The lowest BCUT2D eigenvalue weighted by molar-refractivity contribution is 0.171. The van der Waals surface area contributed by atoms with Gasteiger partial charge in [0.05, 0.1) is 15.9 Å². The van der Waals surface area contributed by atoms with Crippen LogP contribution in [0.5, 0.6) is 11.5 Å². The van der Waals surface area contributed by atoms with Gasteiger partial charge in [0.1, 0.15) is 13.2 Å². The van der Waals surface area contributed by atoms with Crippen LogP contribution in [0.25, 0.3) is 11.0 Å². The molecule has 0 amide bonds. The first kappa shape index (κ1) is 20.1. The fraction of sp³-hybridized carbons (Fsp3) is 0.130. The summed E-state index contributed by atoms with van der Waals surface area (Å²) >= 11 is 0. The second-order valence-electron chi connectivity index (χ2n) is 7.31. The van der Waals surface area contributed by atoms with Crippen LogP contribution in [0.15, 0.2) is 71.6 Å². The van der Waals surface area contributed by atoms with Crippen molar-refractivity contribution in [1.82, 2.24) is 9.97 Å². The summed E-state index contributed by atoms with van der Waals surface area (Å²) in [6.07, 6.45) is 0. The first-order chi connectivity index (χ1) is 15.5. The van der Waals surface area contributed by atoms with Crippen molar-refractivity contribution in [2.45, 2.75) is 11.8 Å². The van der Waals surface area contributed by atoms with E-state index in [4.69, 9.17) is 9.47 Å². The number of nitrogens with one attached hydrogen (secondary N) is 2. The molecule has 0 saturated carbocycles. The zero-order valence-electron chi connectivity index (χ0n) is 17.2. The van der Waals surface area contributed by atoms with Crippen molar-refractivity contribution >= 4 is 38.4 Å². The van der Waals surface area contributed by atoms with Gasteiger partial charge >= 0.3 is 0 Å². The lowest BCUT2D eigenvalue weighted by atomic mass is 10.2. The average molecular weight is 449 g/mol. The van der Waals surface area contributed by atoms with Gasteiger partial charge < -0.3 is 14.8 Å². The van der Waals surface area contributed by atoms with Gasteiger partial charge in [0.2, 0.25) is 0 Å². The number of benzene rings is 3. The third-order valence-electron chi connectivity index (χ3n) is 4.91. The van der Waals surface area contributed by atoms with Crippen LogP contribution in [0, 0.1) is 6.92 Å². The van der Waals surface area contributed by atoms with E-state index in [1.54, 1.807) is 12.1 Å². The normalized spacial score (nSPS) is 13.0. The molecule has 1 aliphatic rings. The van der Waals surface area contributed by atoms with Crippen molar-refractivity contribution in [1.29, 1.82) is 0 Å². The molecule has 1 aromatic heterocycles. The summed E-state index contributed by atoms with van der Waals surface area (Å²) in [6.45, 7) is 2.77. The third kappa shape index (κ3) is 4.02. The molecule has 32 heavy (non-hydrogen) atoms. The van der Waals surface area contributed by atoms with Gasteiger partial charge in [-0.15, -0.1) is 0 Å². The Hall–Kier alpha value is -3.85. The van der Waals surface area contributed by atoms with Gasteiger partial charge in [-0.1, -0.05) is 24.3 Å². The Morgan fingerprint density at radius 1 is 0.812 bits per heavy atom. The lowest BCUT2D eigenvalue weighted by Crippen LogP contribution is -2.18. The second kappa shape index (κ2) is 8.01. The standard InChI is InChI=1S/C23H20N4O4S/c1-15-5-4-6-16(13-15)24-22-23(26-19-8-3-2-7-18(19)25-22)27-32(28,29)17-9-10-20-21(14-17)31-12-11-30-20/h2-10,13-14H,11-12H2,1H3,(H,24,25)(H,26,27). The predicted octanol–water partition coefficient (Wildman–Crippen LogP) is 4.25. The molecular formula is C23H20N4O4S. The molecule has 4 aromatic rings. The van der Waals surface area contributed by atoms with E-state index in [-0.39, 0.29) is 10.7 Å². The number of anilines is 3. The maximum atomic E-state index is 13.2. The fourth-order valence-electron chi connectivity index (χ4n) is 3.39. The summed E-state index contributed by atoms with van der Waals surface area (Å²) in [6, 6.07) is 19.5. The highest BCUT2D eigenvalue weighted by atomic mass is 32.2. The molecule has 0 spiro atoms. The molecule has 8 nitrogen and oxygen atoms in total. The SMILES string of the molecule is Cc1cccc(Nc2nc3ccccc3nc2NS(=O)(=O)c2ccc3c(c2)OCCO3)c1. The van der Waals surface area contributed by atoms with E-state index in [0.29, 0.717) is 41.6 Å². The number of rotatable bonds is 5. The highest BCUT2D eigenvalue weighted by Crippen LogP contribution is 2.33. The fourth-order valence-corrected chi connectivity index (χ4v) is 4.42. The Morgan fingerprint density at radius 2 is 1.53 bits per heavy atom. The molecule has 0 radical (unpaired) electrons. The van der Waals surface area contributed by atoms with E-state index in [0.717, 1.165) is 11.3 Å². The number of sulfonamides is 1. The molecule has 162 valence electrons. The minimum Gasteiger partial charge on any atom is -0.486 e. The molecule has 9 heteroatoms. The van der Waals surface area contributed by atoms with E-state index in [2.05, 4.69) is 20.0 Å². The largest absolute Gasteiger partial charge is 0.486 e. The molecule has 3 aromatic carbocycles. The van der Waals surface area contributed by atoms with Crippen molar-refractivity contribution < 1.29 is 17.9 Å². The zero-order chi connectivity index (χ0) is 22.1. The molecule has 2 N–H and O–H groups in total. The molecule has 5 rings (SSSR count). The van der Waals surface area contributed by atoms with Crippen molar-refractivity contribution in [3.05, 3.63) is 72.3 Å². The summed E-state index contributed by atoms with van der Waals surface area (Å²) in [5, 5.41) is 3.18. The van der Waals surface area contributed by atoms with Gasteiger partial charge in [-0.25, -0.2) is 18.4 Å². The third-order valence-corrected chi connectivity index (χ3v) is 6.24. The van der Waals surface area contributed by atoms with E-state index in [1.165, 1.54) is 12.1 Å². The number of nitrogens with zero attached hydrogens (tertiary/aromatic N) is 2. The lowest BCUT2D eigenvalue weighted by Gasteiger charge is -2.19. The second-order valence-corrected chi connectivity index (χ2v) is 9.00. The highest BCUT2D eigenvalue weighted by molar-refractivity contribution is 7.92. The minimum absolute atomic E-state index is 0.0400. The molecular weight excluding hydrogens is 428 g/mol. The Labute approximate surface area is 185 Å². The number of hydrogen-bond acceptors (Lipinski definition) is 7. The summed E-state index contributed by atoms with van der Waals surface area (Å²) < 4.78 is 39.9. The molecule has 2 heterocycles. The van der Waals surface area contributed by atoms with Gasteiger partial charge in [-0.2, -0.15) is 0 Å². The Morgan fingerprint density at radius 3 is 2.28 bits per heavy atom. The van der Waals surface area contributed by atoms with Gasteiger partial charge in [0.15, 0.2) is 23.1 Å². The summed E-state index contributed by atoms with van der Waals surface area (Å²) in [7, 11) is -3.97. The van der Waals surface area contributed by atoms with E-state index < -0.39 is 10.0 Å². The summed E-state index contributed by atoms with van der Waals surface area (Å²) in [5.74, 6) is 1.31. The molecule has 0 bridgehead atoms. The number of aromatic nitrogens is 2. The smallest absolute Gasteiger partial charge is 0.263 e. The van der Waals surface area contributed by atoms with Crippen LogP contribution in [0.3, 0.4) is 0 Å². The number of fused-ring (bicyclic) bond motifs is 2. The highest BCUT2D eigenvalue weighted by Gasteiger charge is 2.22. The van der Waals surface area contributed by atoms with Crippen molar-refractivity contribution in [3.8, 4) is 11.5 Å². The van der Waals surface area contributed by atoms with Crippen LogP contribution < -0.4 is 19.5 Å². The minimum atomic E-state index is -3.97. The predicted molar refractivity (Wildman–Crippen MR) is 122 cm³/mol. The average Bonchev–Trinajstić information content (AvgIpc) is 2.79. The van der Waals surface area contributed by atoms with Crippen molar-refractivity contribution in [2.75, 3.05) is 23.3 Å². The quantitative estimate of drug-likeness (QED) is 0.470. The van der Waals surface area contributed by atoms with Gasteiger partial charge in [0, 0.05) is 11.8 Å². The molecule has 0 atom stereocenters. The number of aryl methyl sites for hydroxylation is 1. The summed E-state index contributed by atoms with van der Waals surface area (Å²) in [5.41, 5.74) is 3.05. The Bertz CT molecular complexity index is 1420. The molecule has 0 fully saturated rings. The van der Waals surface area contributed by atoms with Crippen LogP contribution in [0.1, 0.15) is 5.56 Å². The van der Waals surface area contributed by atoms with Gasteiger partial charge in [-0.05, 0) is 48.9 Å². The maximum absolute atomic E-state index is 13.2. The van der Waals surface area contributed by atoms with Crippen molar-refractivity contribution in [2.24, 2.45) is 0 Å².